The second-order valence-electron chi connectivity index (χ2n) is 3.11. The van der Waals surface area contributed by atoms with Gasteiger partial charge in [-0.1, -0.05) is 28.1 Å². The lowest BCUT2D eigenvalue weighted by molar-refractivity contribution is 0.114. The van der Waals surface area contributed by atoms with Gasteiger partial charge in [0.25, 0.3) is 0 Å². The highest BCUT2D eigenvalue weighted by Gasteiger charge is 2.26. The summed E-state index contributed by atoms with van der Waals surface area (Å²) in [7, 11) is -0.846. The van der Waals surface area contributed by atoms with Gasteiger partial charge < -0.3 is 0 Å². The van der Waals surface area contributed by atoms with Crippen LogP contribution in [-0.4, -0.2) is 14.2 Å². The molecular weight excluding hydrogens is 295 g/mol. The van der Waals surface area contributed by atoms with Crippen LogP contribution in [0, 0.1) is 0 Å². The molecule has 0 saturated heterocycles. The van der Waals surface area contributed by atoms with Crippen LogP contribution in [0.1, 0.15) is 18.6 Å². The minimum absolute atomic E-state index is 0.362. The van der Waals surface area contributed by atoms with Crippen LogP contribution in [0.3, 0.4) is 0 Å². The fourth-order valence-corrected chi connectivity index (χ4v) is 2.24. The van der Waals surface area contributed by atoms with Crippen LogP contribution >= 0.6 is 23.8 Å². The minimum Gasteiger partial charge on any atom is -0.290 e. The third-order valence-electron chi connectivity index (χ3n) is 2.07. The first-order chi connectivity index (χ1) is 7.50. The van der Waals surface area contributed by atoms with Crippen molar-refractivity contribution < 1.29 is 18.1 Å². The predicted octanol–water partition coefficient (Wildman–Crippen LogP) is 3.93. The maximum atomic E-state index is 11.7. The second-order valence-corrected chi connectivity index (χ2v) is 5.86. The first kappa shape index (κ1) is 13.9. The van der Waals surface area contributed by atoms with Gasteiger partial charge in [-0.2, -0.15) is 0 Å². The average molecular weight is 309 g/mol. The zero-order valence-electron chi connectivity index (χ0n) is 9.34. The van der Waals surface area contributed by atoms with Gasteiger partial charge >= 0.3 is 7.82 Å². The van der Waals surface area contributed by atoms with Crippen molar-refractivity contribution >= 4 is 23.8 Å². The zero-order valence-corrected chi connectivity index (χ0v) is 11.8. The SMILES string of the molecule is COP(=O)(OC)OC(C)c1ccc(Br)cc1. The van der Waals surface area contributed by atoms with Crippen molar-refractivity contribution in [2.75, 3.05) is 14.2 Å². The first-order valence-electron chi connectivity index (χ1n) is 4.66. The molecule has 0 bridgehead atoms. The van der Waals surface area contributed by atoms with E-state index in [1.54, 1.807) is 6.92 Å². The maximum absolute atomic E-state index is 11.7. The van der Waals surface area contributed by atoms with Crippen LogP contribution in [0.15, 0.2) is 28.7 Å². The van der Waals surface area contributed by atoms with E-state index in [1.165, 1.54) is 14.2 Å². The Balaban J connectivity index is 2.75. The van der Waals surface area contributed by atoms with Gasteiger partial charge in [0, 0.05) is 18.7 Å². The molecule has 1 aromatic rings. The second kappa shape index (κ2) is 5.94. The normalized spacial score (nSPS) is 13.8. The van der Waals surface area contributed by atoms with Crippen LogP contribution in [0.4, 0.5) is 0 Å². The smallest absolute Gasteiger partial charge is 0.290 e. The molecule has 0 radical (unpaired) electrons. The lowest BCUT2D eigenvalue weighted by Crippen LogP contribution is -2.01. The molecule has 0 aliphatic heterocycles. The molecule has 0 aromatic heterocycles. The summed E-state index contributed by atoms with van der Waals surface area (Å²) >= 11 is 3.34. The van der Waals surface area contributed by atoms with E-state index in [9.17, 15) is 4.57 Å². The first-order valence-corrected chi connectivity index (χ1v) is 6.91. The van der Waals surface area contributed by atoms with E-state index >= 15 is 0 Å². The molecule has 16 heavy (non-hydrogen) atoms. The van der Waals surface area contributed by atoms with Gasteiger partial charge in [0.15, 0.2) is 0 Å². The highest BCUT2D eigenvalue weighted by Crippen LogP contribution is 2.51. The highest BCUT2D eigenvalue weighted by molar-refractivity contribution is 9.10. The molecule has 4 nitrogen and oxygen atoms in total. The quantitative estimate of drug-likeness (QED) is 0.773. The van der Waals surface area contributed by atoms with Crippen molar-refractivity contribution in [1.29, 1.82) is 0 Å². The number of rotatable bonds is 5. The lowest BCUT2D eigenvalue weighted by Gasteiger charge is -2.18. The molecule has 0 N–H and O–H groups in total. The third kappa shape index (κ3) is 3.68. The standard InChI is InChI=1S/C10H14BrO4P/c1-8(15-16(12,13-2)14-3)9-4-6-10(11)7-5-9/h4-8H,1-3H3. The number of hydrogen-bond acceptors (Lipinski definition) is 4. The van der Waals surface area contributed by atoms with Gasteiger partial charge in [0.1, 0.15) is 0 Å². The van der Waals surface area contributed by atoms with Crippen molar-refractivity contribution in [3.05, 3.63) is 34.3 Å². The fourth-order valence-electron chi connectivity index (χ4n) is 1.15. The summed E-state index contributed by atoms with van der Waals surface area (Å²) < 4.78 is 27.4. The van der Waals surface area contributed by atoms with Crippen molar-refractivity contribution in [3.8, 4) is 0 Å². The summed E-state index contributed by atoms with van der Waals surface area (Å²) in [6, 6.07) is 7.54. The third-order valence-corrected chi connectivity index (χ3v) is 4.07. The number of phosphoric ester groups is 1. The Morgan fingerprint density at radius 1 is 1.19 bits per heavy atom. The maximum Gasteiger partial charge on any atom is 0.474 e. The Kier molecular flexibility index (Phi) is 5.15. The van der Waals surface area contributed by atoms with E-state index in [2.05, 4.69) is 15.9 Å². The largest absolute Gasteiger partial charge is 0.474 e. The molecule has 1 aromatic carbocycles. The summed E-state index contributed by atoms with van der Waals surface area (Å²) in [6.45, 7) is 1.79. The van der Waals surface area contributed by atoms with E-state index < -0.39 is 7.82 Å². The van der Waals surface area contributed by atoms with Crippen LogP contribution in [-0.2, 0) is 18.1 Å². The summed E-state index contributed by atoms with van der Waals surface area (Å²) in [4.78, 5) is 0. The van der Waals surface area contributed by atoms with E-state index in [4.69, 9.17) is 13.6 Å². The topological polar surface area (TPSA) is 44.8 Å². The van der Waals surface area contributed by atoms with Crippen LogP contribution in [0.2, 0.25) is 0 Å². The number of hydrogen-bond donors (Lipinski definition) is 0. The number of phosphoric acid groups is 1. The Hall–Kier alpha value is -0.190. The molecule has 1 rings (SSSR count). The Labute approximate surface area is 104 Å². The van der Waals surface area contributed by atoms with Crippen molar-refractivity contribution in [2.45, 2.75) is 13.0 Å². The van der Waals surface area contributed by atoms with Crippen molar-refractivity contribution in [1.82, 2.24) is 0 Å². The molecule has 0 fully saturated rings. The lowest BCUT2D eigenvalue weighted by atomic mass is 10.1. The molecule has 0 aliphatic carbocycles. The molecule has 1 unspecified atom stereocenters. The Morgan fingerprint density at radius 3 is 2.12 bits per heavy atom. The molecule has 6 heteroatoms. The molecular formula is C10H14BrO4P. The van der Waals surface area contributed by atoms with E-state index in [1.807, 2.05) is 24.3 Å². The summed E-state index contributed by atoms with van der Waals surface area (Å²) in [5.41, 5.74) is 0.900. The van der Waals surface area contributed by atoms with Gasteiger partial charge in [0.2, 0.25) is 0 Å². The van der Waals surface area contributed by atoms with Crippen LogP contribution < -0.4 is 0 Å². The average Bonchev–Trinajstić information content (AvgIpc) is 2.29. The van der Waals surface area contributed by atoms with Crippen LogP contribution in [0.5, 0.6) is 0 Å². The van der Waals surface area contributed by atoms with E-state index in [-0.39, 0.29) is 6.10 Å². The van der Waals surface area contributed by atoms with Gasteiger partial charge in [-0.05, 0) is 24.6 Å². The molecule has 90 valence electrons. The summed E-state index contributed by atoms with van der Waals surface area (Å²) in [6.07, 6.45) is -0.362. The predicted molar refractivity (Wildman–Crippen MR) is 65.3 cm³/mol. The van der Waals surface area contributed by atoms with Crippen molar-refractivity contribution in [2.24, 2.45) is 0 Å². The Bertz CT molecular complexity index is 371. The molecule has 0 amide bonds. The number of halogens is 1. The molecule has 0 aliphatic rings. The zero-order chi connectivity index (χ0) is 12.2. The molecule has 0 saturated carbocycles. The summed E-state index contributed by atoms with van der Waals surface area (Å²) in [5.74, 6) is 0. The number of benzene rings is 1. The molecule has 0 spiro atoms. The van der Waals surface area contributed by atoms with Crippen LogP contribution in [0.25, 0.3) is 0 Å². The molecule has 1 atom stereocenters. The fraction of sp³-hybridized carbons (Fsp3) is 0.400. The molecule has 0 heterocycles. The van der Waals surface area contributed by atoms with Crippen molar-refractivity contribution in [3.63, 3.8) is 0 Å². The van der Waals surface area contributed by atoms with Gasteiger partial charge in [-0.25, -0.2) is 4.57 Å². The summed E-state index contributed by atoms with van der Waals surface area (Å²) in [5, 5.41) is 0. The monoisotopic (exact) mass is 308 g/mol. The van der Waals surface area contributed by atoms with Gasteiger partial charge in [-0.3, -0.25) is 13.6 Å². The Morgan fingerprint density at radius 2 is 1.69 bits per heavy atom. The van der Waals surface area contributed by atoms with Gasteiger partial charge in [-0.15, -0.1) is 0 Å². The highest BCUT2D eigenvalue weighted by atomic mass is 79.9. The minimum atomic E-state index is -3.43. The van der Waals surface area contributed by atoms with Gasteiger partial charge in [0.05, 0.1) is 6.10 Å². The van der Waals surface area contributed by atoms with E-state index in [0.29, 0.717) is 0 Å². The van der Waals surface area contributed by atoms with E-state index in [0.717, 1.165) is 10.0 Å².